The predicted octanol–water partition coefficient (Wildman–Crippen LogP) is 3.26. The Morgan fingerprint density at radius 2 is 0.857 bits per heavy atom. The minimum Gasteiger partial charge on any atom is -0.143 e. The van der Waals surface area contributed by atoms with Crippen molar-refractivity contribution in [3.8, 4) is 0 Å². The van der Waals surface area contributed by atoms with Crippen molar-refractivity contribution >= 4 is 0 Å². The van der Waals surface area contributed by atoms with E-state index in [9.17, 15) is 5.21 Å². The molecule has 0 atom stereocenters. The summed E-state index contributed by atoms with van der Waals surface area (Å²) < 4.78 is 0. The van der Waals surface area contributed by atoms with Crippen LogP contribution in [0.15, 0.2) is 0 Å². The molecule has 0 aromatic heterocycles. The van der Waals surface area contributed by atoms with Gasteiger partial charge in [0.2, 0.25) is 0 Å². The topological polar surface area (TPSA) is 23.1 Å². The van der Waals surface area contributed by atoms with E-state index in [4.69, 9.17) is 0 Å². The summed E-state index contributed by atoms with van der Waals surface area (Å²) in [4.78, 5) is 0. The summed E-state index contributed by atoms with van der Waals surface area (Å²) in [5, 5.41) is 13.6. The average molecular weight is 198 g/mol. The molecule has 83 valence electrons. The maximum atomic E-state index is 12.3. The molecular weight excluding hydrogens is 174 g/mol. The molecule has 0 aromatic carbocycles. The standard InChI is InChI=1S/C12H24NO/c1-9(2)10(3,4)12(7,8)13(14)11(9,5)6/h1-8H3. The lowest BCUT2D eigenvalue weighted by atomic mass is 9.57. The molecule has 0 aliphatic carbocycles. The number of hydroxylamine groups is 2. The van der Waals surface area contributed by atoms with Crippen molar-refractivity contribution in [1.82, 2.24) is 5.06 Å². The first kappa shape index (κ1) is 12.0. The van der Waals surface area contributed by atoms with Crippen molar-refractivity contribution in [2.24, 2.45) is 10.8 Å². The van der Waals surface area contributed by atoms with Gasteiger partial charge >= 0.3 is 0 Å². The van der Waals surface area contributed by atoms with Crippen LogP contribution in [0.5, 0.6) is 0 Å². The third-order valence-corrected chi connectivity index (χ3v) is 5.64. The monoisotopic (exact) mass is 198 g/mol. The van der Waals surface area contributed by atoms with E-state index < -0.39 is 0 Å². The molecule has 0 spiro atoms. The highest BCUT2D eigenvalue weighted by molar-refractivity contribution is 5.17. The summed E-state index contributed by atoms with van der Waals surface area (Å²) >= 11 is 0. The number of hydrogen-bond acceptors (Lipinski definition) is 1. The first-order valence-electron chi connectivity index (χ1n) is 5.38. The van der Waals surface area contributed by atoms with Crippen LogP contribution in [0.25, 0.3) is 0 Å². The molecule has 1 saturated heterocycles. The van der Waals surface area contributed by atoms with E-state index in [2.05, 4.69) is 55.4 Å². The van der Waals surface area contributed by atoms with E-state index in [1.54, 1.807) is 0 Å². The van der Waals surface area contributed by atoms with Gasteiger partial charge in [0.15, 0.2) is 0 Å². The van der Waals surface area contributed by atoms with E-state index in [1.165, 1.54) is 5.06 Å². The summed E-state index contributed by atoms with van der Waals surface area (Å²) in [6.45, 7) is 17.0. The Bertz CT molecular complexity index is 225. The van der Waals surface area contributed by atoms with Gasteiger partial charge in [-0.3, -0.25) is 0 Å². The zero-order valence-corrected chi connectivity index (χ0v) is 10.9. The minimum absolute atomic E-state index is 0.00521. The van der Waals surface area contributed by atoms with Gasteiger partial charge in [0, 0.05) is 0 Å². The van der Waals surface area contributed by atoms with Gasteiger partial charge in [0.05, 0.1) is 11.1 Å². The summed E-state index contributed by atoms with van der Waals surface area (Å²) in [5.41, 5.74) is -0.601. The van der Waals surface area contributed by atoms with Crippen LogP contribution >= 0.6 is 0 Å². The molecule has 0 saturated carbocycles. The largest absolute Gasteiger partial charge is 0.143 e. The van der Waals surface area contributed by atoms with Gasteiger partial charge < -0.3 is 0 Å². The molecule has 0 unspecified atom stereocenters. The second-order valence-electron chi connectivity index (χ2n) is 6.66. The number of nitrogens with zero attached hydrogens (tertiary/aromatic N) is 1. The lowest BCUT2D eigenvalue weighted by Gasteiger charge is -2.44. The summed E-state index contributed by atoms with van der Waals surface area (Å²) in [6.07, 6.45) is 0. The van der Waals surface area contributed by atoms with Crippen LogP contribution in [-0.2, 0) is 5.21 Å². The summed E-state index contributed by atoms with van der Waals surface area (Å²) in [7, 11) is 0. The van der Waals surface area contributed by atoms with Gasteiger partial charge in [0.25, 0.3) is 0 Å². The van der Waals surface area contributed by atoms with E-state index in [1.807, 2.05) is 0 Å². The van der Waals surface area contributed by atoms with E-state index in [-0.39, 0.29) is 21.9 Å². The molecule has 1 aliphatic rings. The van der Waals surface area contributed by atoms with Gasteiger partial charge in [-0.1, -0.05) is 27.7 Å². The first-order chi connectivity index (χ1) is 5.90. The van der Waals surface area contributed by atoms with Crippen molar-refractivity contribution in [2.75, 3.05) is 0 Å². The highest BCUT2D eigenvalue weighted by Crippen LogP contribution is 2.63. The Morgan fingerprint density at radius 3 is 0.929 bits per heavy atom. The predicted molar refractivity (Wildman–Crippen MR) is 58.2 cm³/mol. The molecule has 0 N–H and O–H groups in total. The number of rotatable bonds is 0. The van der Waals surface area contributed by atoms with E-state index >= 15 is 0 Å². The molecular formula is C12H24NO. The Labute approximate surface area is 88.3 Å². The third-order valence-electron chi connectivity index (χ3n) is 5.64. The molecule has 1 rings (SSSR count). The van der Waals surface area contributed by atoms with E-state index in [0.29, 0.717) is 0 Å². The smallest absolute Gasteiger partial charge is 0.0500 e. The van der Waals surface area contributed by atoms with Crippen molar-refractivity contribution in [2.45, 2.75) is 66.5 Å². The fourth-order valence-electron chi connectivity index (χ4n) is 2.74. The zero-order valence-electron chi connectivity index (χ0n) is 10.9. The molecule has 1 fully saturated rings. The van der Waals surface area contributed by atoms with Crippen LogP contribution < -0.4 is 0 Å². The fourth-order valence-corrected chi connectivity index (χ4v) is 2.74. The number of hydrogen-bond donors (Lipinski definition) is 0. The second kappa shape index (κ2) is 2.53. The summed E-state index contributed by atoms with van der Waals surface area (Å²) in [6, 6.07) is 0. The highest BCUT2D eigenvalue weighted by Gasteiger charge is 2.67. The fraction of sp³-hybridized carbons (Fsp3) is 1.00. The maximum Gasteiger partial charge on any atom is 0.0500 e. The van der Waals surface area contributed by atoms with Crippen molar-refractivity contribution in [3.05, 3.63) is 0 Å². The van der Waals surface area contributed by atoms with Crippen molar-refractivity contribution < 1.29 is 5.21 Å². The van der Waals surface area contributed by atoms with Crippen LogP contribution in [0, 0.1) is 10.8 Å². The third kappa shape index (κ3) is 0.938. The van der Waals surface area contributed by atoms with Gasteiger partial charge in [-0.05, 0) is 38.5 Å². The molecule has 1 heterocycles. The van der Waals surface area contributed by atoms with Crippen LogP contribution in [0.4, 0.5) is 0 Å². The molecule has 1 radical (unpaired) electrons. The zero-order chi connectivity index (χ0) is 11.6. The molecule has 0 amide bonds. The normalized spacial score (nSPS) is 33.2. The highest BCUT2D eigenvalue weighted by atomic mass is 16.5. The molecule has 2 heteroatoms. The van der Waals surface area contributed by atoms with Gasteiger partial charge in [-0.15, -0.1) is 10.3 Å². The SMILES string of the molecule is CC1(C)N([O])C(C)(C)C(C)(C)C1(C)C. The van der Waals surface area contributed by atoms with Gasteiger partial charge in [0.1, 0.15) is 0 Å². The Balaban J connectivity index is 3.38. The second-order valence-corrected chi connectivity index (χ2v) is 6.66. The van der Waals surface area contributed by atoms with Crippen molar-refractivity contribution in [3.63, 3.8) is 0 Å². The van der Waals surface area contributed by atoms with Crippen molar-refractivity contribution in [1.29, 1.82) is 0 Å². The molecule has 2 nitrogen and oxygen atoms in total. The lowest BCUT2D eigenvalue weighted by Crippen LogP contribution is -2.48. The van der Waals surface area contributed by atoms with Crippen LogP contribution in [0.3, 0.4) is 0 Å². The Morgan fingerprint density at radius 1 is 0.643 bits per heavy atom. The molecule has 0 aromatic rings. The maximum absolute atomic E-state index is 12.3. The van der Waals surface area contributed by atoms with E-state index in [0.717, 1.165) is 0 Å². The average Bonchev–Trinajstić information content (AvgIpc) is 2.05. The van der Waals surface area contributed by atoms with Crippen LogP contribution in [0.2, 0.25) is 0 Å². The Hall–Kier alpha value is -0.0800. The molecule has 14 heavy (non-hydrogen) atoms. The Kier molecular flexibility index (Phi) is 2.17. The molecule has 1 aliphatic heterocycles. The lowest BCUT2D eigenvalue weighted by molar-refractivity contribution is -0.257. The van der Waals surface area contributed by atoms with Gasteiger partial charge in [-0.2, -0.15) is 0 Å². The first-order valence-corrected chi connectivity index (χ1v) is 5.38. The quantitative estimate of drug-likeness (QED) is 0.586. The minimum atomic E-state index is -0.306. The summed E-state index contributed by atoms with van der Waals surface area (Å²) in [5.74, 6) is 0. The molecule has 0 bridgehead atoms. The van der Waals surface area contributed by atoms with Crippen LogP contribution in [-0.4, -0.2) is 16.1 Å². The van der Waals surface area contributed by atoms with Crippen LogP contribution in [0.1, 0.15) is 55.4 Å². The van der Waals surface area contributed by atoms with Gasteiger partial charge in [-0.25, -0.2) is 0 Å².